The van der Waals surface area contributed by atoms with Crippen molar-refractivity contribution in [1.82, 2.24) is 0 Å². The number of phosphoric ester groups is 2. The van der Waals surface area contributed by atoms with E-state index in [1.807, 2.05) is 0 Å². The van der Waals surface area contributed by atoms with Gasteiger partial charge in [-0.1, -0.05) is 274 Å². The average Bonchev–Trinajstić information content (AvgIpc) is 3.71. The van der Waals surface area contributed by atoms with Gasteiger partial charge in [0.05, 0.1) is 26.4 Å². The molecule has 0 bridgehead atoms. The van der Waals surface area contributed by atoms with Crippen molar-refractivity contribution in [2.45, 2.75) is 343 Å². The molecule has 19 heteroatoms. The van der Waals surface area contributed by atoms with E-state index in [1.165, 1.54) is 122 Å². The normalized spacial score (nSPS) is 15.6. The van der Waals surface area contributed by atoms with E-state index in [2.05, 4.69) is 55.4 Å². The molecule has 0 spiro atoms. The number of hydrogen-bond donors (Lipinski definition) is 3. The number of unbranched alkanes of at least 4 members (excludes halogenated alkanes) is 26. The van der Waals surface area contributed by atoms with Gasteiger partial charge in [-0.15, -0.1) is 0 Å². The molecular weight excluding hydrogens is 1140 g/mol. The Bertz CT molecular complexity index is 1720. The van der Waals surface area contributed by atoms with E-state index < -0.39 is 97.5 Å². The van der Waals surface area contributed by atoms with Crippen LogP contribution in [-0.2, 0) is 65.4 Å². The Morgan fingerprint density at radius 1 is 0.314 bits per heavy atom. The molecule has 0 fully saturated rings. The van der Waals surface area contributed by atoms with Gasteiger partial charge >= 0.3 is 39.5 Å². The molecule has 0 aliphatic heterocycles. The summed E-state index contributed by atoms with van der Waals surface area (Å²) < 4.78 is 68.1. The predicted molar refractivity (Wildman–Crippen MR) is 344 cm³/mol. The second-order valence-corrected chi connectivity index (χ2v) is 28.1. The van der Waals surface area contributed by atoms with Crippen LogP contribution in [0.3, 0.4) is 0 Å². The number of aliphatic hydroxyl groups excluding tert-OH is 1. The molecule has 0 saturated heterocycles. The third-order valence-electron chi connectivity index (χ3n) is 16.8. The zero-order valence-electron chi connectivity index (χ0n) is 55.9. The van der Waals surface area contributed by atoms with Crippen molar-refractivity contribution in [3.8, 4) is 0 Å². The lowest BCUT2D eigenvalue weighted by atomic mass is 9.99. The molecule has 17 nitrogen and oxygen atoms in total. The molecule has 0 aromatic heterocycles. The summed E-state index contributed by atoms with van der Waals surface area (Å²) in [6.45, 7) is 14.1. The molecule has 0 radical (unpaired) electrons. The summed E-state index contributed by atoms with van der Waals surface area (Å²) in [6, 6.07) is 0. The molecule has 0 heterocycles. The van der Waals surface area contributed by atoms with E-state index in [1.54, 1.807) is 0 Å². The number of rotatable bonds is 64. The summed E-state index contributed by atoms with van der Waals surface area (Å²) in [7, 11) is -9.90. The van der Waals surface area contributed by atoms with Crippen LogP contribution in [0.5, 0.6) is 0 Å². The van der Waals surface area contributed by atoms with Crippen LogP contribution >= 0.6 is 15.6 Å². The Labute approximate surface area is 524 Å². The first-order valence-corrected chi connectivity index (χ1v) is 37.8. The summed E-state index contributed by atoms with van der Waals surface area (Å²) in [4.78, 5) is 72.4. The van der Waals surface area contributed by atoms with Crippen molar-refractivity contribution in [2.75, 3.05) is 39.6 Å². The number of ether oxygens (including phenoxy) is 4. The van der Waals surface area contributed by atoms with E-state index >= 15 is 0 Å². The second kappa shape index (κ2) is 57.0. The first-order valence-electron chi connectivity index (χ1n) is 34.9. The maximum absolute atomic E-state index is 13.0. The highest BCUT2D eigenvalue weighted by molar-refractivity contribution is 7.47. The monoisotopic (exact) mass is 1270 g/mol. The van der Waals surface area contributed by atoms with E-state index in [0.717, 1.165) is 120 Å². The van der Waals surface area contributed by atoms with Crippen LogP contribution in [-0.4, -0.2) is 96.7 Å². The minimum atomic E-state index is -4.95. The maximum Gasteiger partial charge on any atom is 0.472 e. The van der Waals surface area contributed by atoms with Gasteiger partial charge in [-0.3, -0.25) is 37.3 Å². The van der Waals surface area contributed by atoms with Crippen LogP contribution < -0.4 is 0 Å². The fourth-order valence-corrected chi connectivity index (χ4v) is 11.4. The van der Waals surface area contributed by atoms with Crippen LogP contribution in [0.1, 0.15) is 325 Å². The van der Waals surface area contributed by atoms with Crippen LogP contribution in [0.4, 0.5) is 0 Å². The SMILES string of the molecule is CCC(C)CCCCCCCCCCCCC(=O)OC[C@H](COP(=O)(O)OC[C@@H](O)COP(=O)(O)OC[C@@H](COC(=O)CCCCCCCCC(C)CC)OC(=O)CCCCCCCCC(C)CC)OC(=O)CCCCCCCCCCC(C)CC. The number of aliphatic hydroxyl groups is 1. The minimum Gasteiger partial charge on any atom is -0.462 e. The molecule has 0 aromatic carbocycles. The zero-order chi connectivity index (χ0) is 63.9. The van der Waals surface area contributed by atoms with Crippen molar-refractivity contribution in [3.05, 3.63) is 0 Å². The molecule has 0 aliphatic rings. The first kappa shape index (κ1) is 84.1. The second-order valence-electron chi connectivity index (χ2n) is 25.2. The fraction of sp³-hybridized carbons (Fsp3) is 0.940. The Hall–Kier alpha value is -1.94. The van der Waals surface area contributed by atoms with E-state index in [9.17, 15) is 43.2 Å². The number of carbonyl (C=O) groups is 4. The molecule has 0 aliphatic carbocycles. The summed E-state index contributed by atoms with van der Waals surface area (Å²) in [5.41, 5.74) is 0. The first-order chi connectivity index (χ1) is 41.2. The molecule has 6 unspecified atom stereocenters. The van der Waals surface area contributed by atoms with E-state index in [0.29, 0.717) is 25.7 Å². The Kier molecular flexibility index (Phi) is 55.7. The number of esters is 4. The van der Waals surface area contributed by atoms with Gasteiger partial charge in [-0.25, -0.2) is 9.13 Å². The Balaban J connectivity index is 5.27. The highest BCUT2D eigenvalue weighted by Crippen LogP contribution is 2.45. The largest absolute Gasteiger partial charge is 0.472 e. The molecule has 0 amide bonds. The smallest absolute Gasteiger partial charge is 0.462 e. The van der Waals surface area contributed by atoms with Crippen molar-refractivity contribution >= 4 is 39.5 Å². The summed E-state index contributed by atoms with van der Waals surface area (Å²) in [5.74, 6) is 0.892. The topological polar surface area (TPSA) is 237 Å². The molecule has 86 heavy (non-hydrogen) atoms. The van der Waals surface area contributed by atoms with Crippen molar-refractivity contribution in [1.29, 1.82) is 0 Å². The lowest BCUT2D eigenvalue weighted by Crippen LogP contribution is -2.30. The third kappa shape index (κ3) is 56.1. The fourth-order valence-electron chi connectivity index (χ4n) is 9.83. The van der Waals surface area contributed by atoms with Gasteiger partial charge in [0, 0.05) is 25.7 Å². The number of carbonyl (C=O) groups excluding carboxylic acids is 4. The van der Waals surface area contributed by atoms with Crippen molar-refractivity contribution in [3.63, 3.8) is 0 Å². The van der Waals surface area contributed by atoms with Crippen molar-refractivity contribution < 1.29 is 80.2 Å². The third-order valence-corrected chi connectivity index (χ3v) is 18.7. The molecule has 510 valence electrons. The van der Waals surface area contributed by atoms with Gasteiger partial charge in [0.2, 0.25) is 0 Å². The molecule has 3 N–H and O–H groups in total. The quantitative estimate of drug-likeness (QED) is 0.0222. The van der Waals surface area contributed by atoms with E-state index in [4.69, 9.17) is 37.0 Å². The highest BCUT2D eigenvalue weighted by Gasteiger charge is 2.30. The van der Waals surface area contributed by atoms with Gasteiger partial charge in [0.1, 0.15) is 19.3 Å². The maximum atomic E-state index is 13.0. The number of phosphoric acid groups is 2. The lowest BCUT2D eigenvalue weighted by molar-refractivity contribution is -0.161. The molecular formula is C67H130O17P2. The zero-order valence-corrected chi connectivity index (χ0v) is 57.7. The van der Waals surface area contributed by atoms with Crippen LogP contribution in [0, 0.1) is 23.7 Å². The van der Waals surface area contributed by atoms with Crippen molar-refractivity contribution in [2.24, 2.45) is 23.7 Å². The van der Waals surface area contributed by atoms with Crippen LogP contribution in [0.25, 0.3) is 0 Å². The molecule has 0 rings (SSSR count). The van der Waals surface area contributed by atoms with Gasteiger partial charge in [0.25, 0.3) is 0 Å². The summed E-state index contributed by atoms with van der Waals surface area (Å²) >= 11 is 0. The van der Waals surface area contributed by atoms with Crippen LogP contribution in [0.2, 0.25) is 0 Å². The summed E-state index contributed by atoms with van der Waals surface area (Å²) in [6.07, 6.45) is 37.5. The van der Waals surface area contributed by atoms with Crippen LogP contribution in [0.15, 0.2) is 0 Å². The Morgan fingerprint density at radius 2 is 0.523 bits per heavy atom. The molecule has 0 aromatic rings. The van der Waals surface area contributed by atoms with Gasteiger partial charge < -0.3 is 33.8 Å². The standard InChI is InChI=1S/C67H130O17P2/c1-9-57(5)43-35-27-19-15-13-14-16-21-31-39-47-64(69)77-53-62(83-66(71)49-41-33-22-18-17-20-28-36-44-58(6)10-2)55-81-85(73,74)79-51-61(68)52-80-86(75,76)82-56-63(84-67(72)50-42-34-26-24-30-38-46-60(8)12-4)54-78-65(70)48-40-32-25-23-29-37-45-59(7)11-3/h57-63,68H,9-56H2,1-8H3,(H,73,74)(H,75,76)/t57?,58?,59?,60?,61-,62-,63-/m1/s1. The molecule has 0 saturated carbocycles. The number of hydrogen-bond acceptors (Lipinski definition) is 15. The van der Waals surface area contributed by atoms with E-state index in [-0.39, 0.29) is 25.7 Å². The average molecular weight is 1270 g/mol. The summed E-state index contributed by atoms with van der Waals surface area (Å²) in [5, 5.41) is 10.6. The van der Waals surface area contributed by atoms with Gasteiger partial charge in [-0.2, -0.15) is 0 Å². The lowest BCUT2D eigenvalue weighted by Gasteiger charge is -2.21. The van der Waals surface area contributed by atoms with Gasteiger partial charge in [-0.05, 0) is 49.4 Å². The predicted octanol–water partition coefficient (Wildman–Crippen LogP) is 18.5. The van der Waals surface area contributed by atoms with Gasteiger partial charge in [0.15, 0.2) is 12.2 Å². The highest BCUT2D eigenvalue weighted by atomic mass is 31.2. The Morgan fingerprint density at radius 3 is 0.767 bits per heavy atom. The minimum absolute atomic E-state index is 0.101. The molecule has 9 atom stereocenters.